The van der Waals surface area contributed by atoms with Crippen molar-refractivity contribution in [1.82, 2.24) is 40.4 Å². The van der Waals surface area contributed by atoms with Crippen molar-refractivity contribution < 1.29 is 38.5 Å². The number of likely N-dealkylation sites (tertiary alicyclic amines) is 2. The average molecular weight is 1150 g/mol. The standard InChI is InChI=1S/C62H78N12O8S/c1-37(2)58(62(78)73-34-45(75)26-53(73)61(77)66-51(35-79-4)40-9-11-41(12-10-40)59-38(3)65-36-83-59)55-30-56(69-82-55)71-23-16-39(17-24-71)31-70-21-18-46(19-22-70)80-47-27-48(28-47)81-57-25-42(15-20-64-57)74-43-13-14-44(74)33-72(32-43)52-29-50(67-68-60(52)63)49-7-5-6-8-54(49)76/h5-12,15,20,25,29-30,36-37,39,43-48,51,53,58,75-76H,13-14,16-19,21-24,26-28,31-35H2,1-4H3,(H2,63,68)(H,66,77)/t43-,44?,45-,47?,48?,51-,53+,58-/m1/s1. The lowest BCUT2D eigenvalue weighted by atomic mass is 9.91. The number of nitrogens with one attached hydrogen (secondary N) is 1. The van der Waals surface area contributed by atoms with Gasteiger partial charge >= 0.3 is 0 Å². The lowest BCUT2D eigenvalue weighted by Gasteiger charge is -2.43. The molecule has 6 atom stereocenters. The topological polar surface area (TPSA) is 234 Å². The van der Waals surface area contributed by atoms with Gasteiger partial charge in [-0.2, -0.15) is 0 Å². The molecule has 83 heavy (non-hydrogen) atoms. The van der Waals surface area contributed by atoms with E-state index in [1.165, 1.54) is 4.90 Å². The zero-order chi connectivity index (χ0) is 57.3. The van der Waals surface area contributed by atoms with Crippen molar-refractivity contribution in [3.8, 4) is 33.3 Å². The number of phenols is 1. The number of aryl methyl sites for hydroxylation is 1. The molecule has 4 aromatic heterocycles. The van der Waals surface area contributed by atoms with Gasteiger partial charge in [0, 0.05) is 120 Å². The van der Waals surface area contributed by atoms with Gasteiger partial charge in [-0.3, -0.25) is 9.59 Å². The van der Waals surface area contributed by atoms with Gasteiger partial charge in [-0.15, -0.1) is 21.5 Å². The number of amides is 2. The number of phenolic OH excluding ortho intramolecular Hbond substituents is 1. The quantitative estimate of drug-likeness (QED) is 0.0611. The Bertz CT molecular complexity index is 3180. The normalized spacial score (nSPS) is 24.1. The molecule has 20 nitrogen and oxygen atoms in total. The minimum atomic E-state index is -0.855. The number of hydrogen-bond acceptors (Lipinski definition) is 19. The highest BCUT2D eigenvalue weighted by atomic mass is 32.1. The summed E-state index contributed by atoms with van der Waals surface area (Å²) in [5.41, 5.74) is 14.3. The number of rotatable bonds is 19. The second kappa shape index (κ2) is 24.7. The maximum atomic E-state index is 14.5. The third kappa shape index (κ3) is 12.4. The minimum Gasteiger partial charge on any atom is -0.507 e. The molecule has 1 saturated carbocycles. The first kappa shape index (κ1) is 56.6. The van der Waals surface area contributed by atoms with E-state index in [4.69, 9.17) is 24.5 Å². The molecule has 6 fully saturated rings. The zero-order valence-corrected chi connectivity index (χ0v) is 48.8. The van der Waals surface area contributed by atoms with Crippen LogP contribution in [0.25, 0.3) is 21.7 Å². The first-order valence-electron chi connectivity index (χ1n) is 29.8. The number of ether oxygens (including phenoxy) is 3. The first-order valence-corrected chi connectivity index (χ1v) is 30.7. The number of aliphatic hydroxyl groups is 1. The van der Waals surface area contributed by atoms with E-state index in [1.807, 2.05) is 81.0 Å². The van der Waals surface area contributed by atoms with Crippen LogP contribution in [0, 0.1) is 18.8 Å². The summed E-state index contributed by atoms with van der Waals surface area (Å²) in [5, 5.41) is 37.6. The van der Waals surface area contributed by atoms with Crippen molar-refractivity contribution in [2.24, 2.45) is 11.8 Å². The summed E-state index contributed by atoms with van der Waals surface area (Å²) in [4.78, 5) is 49.9. The van der Waals surface area contributed by atoms with E-state index in [-0.39, 0.29) is 61.4 Å². The van der Waals surface area contributed by atoms with E-state index in [2.05, 4.69) is 62.4 Å². The number of hydrogen-bond donors (Lipinski definition) is 4. The highest BCUT2D eigenvalue weighted by Gasteiger charge is 2.45. The Morgan fingerprint density at radius 3 is 2.33 bits per heavy atom. The van der Waals surface area contributed by atoms with Crippen LogP contribution in [-0.2, 0) is 19.1 Å². The van der Waals surface area contributed by atoms with Crippen molar-refractivity contribution >= 4 is 46.2 Å². The number of thiazole rings is 1. The number of piperazine rings is 1. The predicted octanol–water partition coefficient (Wildman–Crippen LogP) is 7.62. The highest BCUT2D eigenvalue weighted by molar-refractivity contribution is 7.13. The van der Waals surface area contributed by atoms with Crippen LogP contribution in [0.4, 0.5) is 23.0 Å². The maximum Gasteiger partial charge on any atom is 0.243 e. The monoisotopic (exact) mass is 1150 g/mol. The van der Waals surface area contributed by atoms with E-state index >= 15 is 0 Å². The van der Waals surface area contributed by atoms with E-state index in [9.17, 15) is 19.8 Å². The first-order chi connectivity index (χ1) is 40.3. The molecule has 2 bridgehead atoms. The predicted molar refractivity (Wildman–Crippen MR) is 317 cm³/mol. The van der Waals surface area contributed by atoms with Crippen LogP contribution in [-0.4, -0.2) is 166 Å². The third-order valence-electron chi connectivity index (χ3n) is 18.1. The number of pyridine rings is 1. The van der Waals surface area contributed by atoms with Crippen LogP contribution in [0.5, 0.6) is 11.6 Å². The largest absolute Gasteiger partial charge is 0.507 e. The number of anilines is 4. The summed E-state index contributed by atoms with van der Waals surface area (Å²) in [6, 6.07) is 22.5. The van der Waals surface area contributed by atoms with Gasteiger partial charge in [-0.25, -0.2) is 9.97 Å². The van der Waals surface area contributed by atoms with Crippen molar-refractivity contribution in [3.63, 3.8) is 0 Å². The molecule has 12 rings (SSSR count). The fraction of sp³-hybridized carbons (Fsp3) is 0.532. The molecule has 0 radical (unpaired) electrons. The van der Waals surface area contributed by atoms with Crippen LogP contribution in [0.15, 0.2) is 89.0 Å². The summed E-state index contributed by atoms with van der Waals surface area (Å²) in [7, 11) is 1.60. The van der Waals surface area contributed by atoms with E-state index in [1.54, 1.807) is 30.6 Å². The Labute approximate surface area is 489 Å². The number of aromatic hydroxyl groups is 1. The fourth-order valence-corrected chi connectivity index (χ4v) is 14.4. The van der Waals surface area contributed by atoms with Crippen molar-refractivity contribution in [3.05, 3.63) is 102 Å². The summed E-state index contributed by atoms with van der Waals surface area (Å²) in [6.07, 6.45) is 9.72. The lowest BCUT2D eigenvalue weighted by molar-refractivity contribution is -0.141. The van der Waals surface area contributed by atoms with Gasteiger partial charge in [0.25, 0.3) is 0 Å². The van der Waals surface area contributed by atoms with Gasteiger partial charge in [0.15, 0.2) is 17.4 Å². The summed E-state index contributed by atoms with van der Waals surface area (Å²) >= 11 is 1.59. The molecule has 2 aromatic carbocycles. The van der Waals surface area contributed by atoms with Crippen LogP contribution in [0.3, 0.4) is 0 Å². The van der Waals surface area contributed by atoms with Gasteiger partial charge in [-0.05, 0) is 92.7 Å². The number of nitrogens with zero attached hydrogens (tertiary/aromatic N) is 10. The Morgan fingerprint density at radius 1 is 0.855 bits per heavy atom. The van der Waals surface area contributed by atoms with Crippen LogP contribution in [0.2, 0.25) is 0 Å². The highest BCUT2D eigenvalue weighted by Crippen LogP contribution is 2.41. The molecule has 2 amide bonds. The van der Waals surface area contributed by atoms with E-state index in [0.717, 1.165) is 136 Å². The summed E-state index contributed by atoms with van der Waals surface area (Å²) < 4.78 is 24.6. The van der Waals surface area contributed by atoms with Gasteiger partial charge < -0.3 is 64.5 Å². The Hall–Kier alpha value is -6.91. The van der Waals surface area contributed by atoms with Gasteiger partial charge in [0.1, 0.15) is 23.8 Å². The Kier molecular flexibility index (Phi) is 16.9. The van der Waals surface area contributed by atoms with E-state index in [0.29, 0.717) is 46.7 Å². The van der Waals surface area contributed by atoms with Crippen molar-refractivity contribution in [2.75, 3.05) is 86.5 Å². The molecule has 9 heterocycles. The molecule has 6 aliphatic rings. The number of carbonyl (C=O) groups is 2. The summed E-state index contributed by atoms with van der Waals surface area (Å²) in [5.74, 6) is 1.56. The molecular formula is C62H78N12O8S. The van der Waals surface area contributed by atoms with Crippen LogP contribution in [0.1, 0.15) is 101 Å². The number of benzene rings is 2. The number of para-hydroxylation sites is 1. The summed E-state index contributed by atoms with van der Waals surface area (Å²) in [6.45, 7) is 12.7. The number of aromatic nitrogens is 5. The number of carbonyl (C=O) groups excluding carboxylic acids is 2. The molecule has 5 N–H and O–H groups in total. The van der Waals surface area contributed by atoms with Crippen molar-refractivity contribution in [1.29, 1.82) is 0 Å². The van der Waals surface area contributed by atoms with Gasteiger partial charge in [0.05, 0.1) is 58.4 Å². The smallest absolute Gasteiger partial charge is 0.243 e. The zero-order valence-electron chi connectivity index (χ0n) is 48.0. The second-order valence-corrected chi connectivity index (χ2v) is 24.9. The number of fused-ring (bicyclic) bond motifs is 2. The van der Waals surface area contributed by atoms with E-state index < -0.39 is 24.1 Å². The second-order valence-electron chi connectivity index (χ2n) is 24.1. The van der Waals surface area contributed by atoms with Crippen LogP contribution >= 0.6 is 11.3 Å². The SMILES string of the molecule is COC[C@@H](NC(=O)[C@@H]1C[C@@H](O)CN1C(=O)[C@@H](c1cc(N2CCC(CN3CCC(OC4CC(Oc5cc(N6C7CC[C@@H]6CN(c6cc(-c8ccccc8O)nnc6N)C7)ccn5)C4)CC3)CC2)no1)C(C)C)c1ccc(-c2scnc2C)cc1. The lowest BCUT2D eigenvalue weighted by Crippen LogP contribution is -2.54. The Balaban J connectivity index is 0.569. The molecule has 21 heteroatoms. The molecule has 6 aromatic rings. The molecule has 1 unspecified atom stereocenters. The Morgan fingerprint density at radius 2 is 1.61 bits per heavy atom. The average Bonchev–Trinajstić information content (AvgIpc) is 4.20. The fourth-order valence-electron chi connectivity index (χ4n) is 13.6. The number of aliphatic hydroxyl groups excluding tert-OH is 1. The molecular weight excluding hydrogens is 1070 g/mol. The third-order valence-corrected chi connectivity index (χ3v) is 19.1. The number of methoxy groups -OCH3 is 1. The van der Waals surface area contributed by atoms with Gasteiger partial charge in [0.2, 0.25) is 17.7 Å². The number of nitrogen functional groups attached to an aromatic ring is 1. The molecule has 5 aliphatic heterocycles. The maximum absolute atomic E-state index is 14.5. The van der Waals surface area contributed by atoms with Gasteiger partial charge in [-0.1, -0.05) is 55.4 Å². The number of piperidine rings is 2. The number of nitrogens with two attached hydrogens (primary N) is 1. The molecule has 1 aliphatic carbocycles. The minimum absolute atomic E-state index is 0.0572. The molecule has 440 valence electrons. The van der Waals surface area contributed by atoms with Crippen LogP contribution < -0.4 is 30.5 Å². The van der Waals surface area contributed by atoms with Crippen molar-refractivity contribution in [2.45, 2.75) is 133 Å². The molecule has 5 saturated heterocycles. The number of β-amino-alcohol motifs (C(OH)–C–C–N with tert-alkyl or cyclic N) is 1. The molecule has 0 spiro atoms.